The summed E-state index contributed by atoms with van der Waals surface area (Å²) in [4.78, 5) is 11.1. The van der Waals surface area contributed by atoms with Gasteiger partial charge < -0.3 is 4.90 Å². The van der Waals surface area contributed by atoms with E-state index in [0.717, 1.165) is 29.9 Å². The number of nitrogens with zero attached hydrogens (tertiary/aromatic N) is 6. The number of aryl methyl sites for hydroxylation is 1. The molecule has 6 heteroatoms. The molecule has 1 aliphatic rings. The third-order valence-corrected chi connectivity index (χ3v) is 3.74. The van der Waals surface area contributed by atoms with Gasteiger partial charge in [-0.2, -0.15) is 0 Å². The zero-order valence-electron chi connectivity index (χ0n) is 10.9. The largest absolute Gasteiger partial charge is 0.352 e. The summed E-state index contributed by atoms with van der Waals surface area (Å²) in [5.74, 6) is 0.944. The molecule has 0 N–H and O–H groups in total. The fourth-order valence-corrected chi connectivity index (χ4v) is 2.76. The van der Waals surface area contributed by atoms with Crippen molar-refractivity contribution < 1.29 is 0 Å². The standard InChI is InChI=1S/C12H18N6/c1-3-9-6-4-5-7-18(9)12-10-11(13-8-14-12)17(2)16-15-10/h8-9H,3-7H2,1-2H3/t9-/m1/s1. The van der Waals surface area contributed by atoms with Gasteiger partial charge in [0.05, 0.1) is 0 Å². The fraction of sp³-hybridized carbons (Fsp3) is 0.667. The second-order valence-electron chi connectivity index (χ2n) is 4.83. The molecule has 3 rings (SSSR count). The Labute approximate surface area is 106 Å². The number of fused-ring (bicyclic) bond motifs is 1. The molecule has 0 amide bonds. The Morgan fingerprint density at radius 2 is 2.22 bits per heavy atom. The second kappa shape index (κ2) is 4.51. The zero-order chi connectivity index (χ0) is 12.5. The molecule has 0 aliphatic carbocycles. The molecule has 2 aromatic heterocycles. The summed E-state index contributed by atoms with van der Waals surface area (Å²) in [6.07, 6.45) is 6.53. The van der Waals surface area contributed by atoms with E-state index in [2.05, 4.69) is 32.1 Å². The van der Waals surface area contributed by atoms with Crippen molar-refractivity contribution >= 4 is 17.0 Å². The third-order valence-electron chi connectivity index (χ3n) is 3.74. The van der Waals surface area contributed by atoms with Gasteiger partial charge in [0.15, 0.2) is 17.0 Å². The Morgan fingerprint density at radius 3 is 3.06 bits per heavy atom. The van der Waals surface area contributed by atoms with Crippen LogP contribution in [-0.4, -0.2) is 37.5 Å². The highest BCUT2D eigenvalue weighted by molar-refractivity contribution is 5.82. The summed E-state index contributed by atoms with van der Waals surface area (Å²) < 4.78 is 1.70. The Kier molecular flexibility index (Phi) is 2.85. The molecular formula is C12H18N6. The first-order valence-corrected chi connectivity index (χ1v) is 6.58. The van der Waals surface area contributed by atoms with E-state index >= 15 is 0 Å². The number of anilines is 1. The molecule has 0 radical (unpaired) electrons. The molecule has 1 atom stereocenters. The zero-order valence-corrected chi connectivity index (χ0v) is 10.9. The van der Waals surface area contributed by atoms with Crippen LogP contribution in [0.3, 0.4) is 0 Å². The van der Waals surface area contributed by atoms with Crippen molar-refractivity contribution in [3.05, 3.63) is 6.33 Å². The van der Waals surface area contributed by atoms with Gasteiger partial charge in [-0.25, -0.2) is 14.6 Å². The lowest BCUT2D eigenvalue weighted by atomic mass is 10.00. The fourth-order valence-electron chi connectivity index (χ4n) is 2.76. The van der Waals surface area contributed by atoms with E-state index in [1.165, 1.54) is 19.3 Å². The van der Waals surface area contributed by atoms with Crippen LogP contribution in [0.5, 0.6) is 0 Å². The third kappa shape index (κ3) is 1.72. The maximum atomic E-state index is 4.44. The summed E-state index contributed by atoms with van der Waals surface area (Å²) in [7, 11) is 1.86. The van der Waals surface area contributed by atoms with E-state index in [-0.39, 0.29) is 0 Å². The molecule has 0 aromatic carbocycles. The lowest BCUT2D eigenvalue weighted by Gasteiger charge is -2.35. The van der Waals surface area contributed by atoms with Crippen molar-refractivity contribution in [1.29, 1.82) is 0 Å². The van der Waals surface area contributed by atoms with Crippen LogP contribution in [0.1, 0.15) is 32.6 Å². The first kappa shape index (κ1) is 11.4. The van der Waals surface area contributed by atoms with E-state index < -0.39 is 0 Å². The normalized spacial score (nSPS) is 20.6. The quantitative estimate of drug-likeness (QED) is 0.804. The van der Waals surface area contributed by atoms with E-state index in [0.29, 0.717) is 6.04 Å². The second-order valence-corrected chi connectivity index (χ2v) is 4.83. The maximum absolute atomic E-state index is 4.44. The van der Waals surface area contributed by atoms with Gasteiger partial charge in [-0.15, -0.1) is 5.10 Å². The first-order valence-electron chi connectivity index (χ1n) is 6.58. The highest BCUT2D eigenvalue weighted by Crippen LogP contribution is 2.28. The van der Waals surface area contributed by atoms with Gasteiger partial charge in [-0.1, -0.05) is 12.1 Å². The van der Waals surface area contributed by atoms with Crippen molar-refractivity contribution in [3.8, 4) is 0 Å². The minimum atomic E-state index is 0.568. The van der Waals surface area contributed by atoms with Crippen LogP contribution in [0, 0.1) is 0 Å². The van der Waals surface area contributed by atoms with Crippen molar-refractivity contribution in [1.82, 2.24) is 25.0 Å². The SMILES string of the molecule is CC[C@@H]1CCCCN1c1ncnc2c1nnn2C. The number of hydrogen-bond acceptors (Lipinski definition) is 5. The molecule has 1 saturated heterocycles. The Morgan fingerprint density at radius 1 is 1.33 bits per heavy atom. The lowest BCUT2D eigenvalue weighted by Crippen LogP contribution is -2.39. The molecule has 6 nitrogen and oxygen atoms in total. The van der Waals surface area contributed by atoms with E-state index in [9.17, 15) is 0 Å². The van der Waals surface area contributed by atoms with Crippen molar-refractivity contribution in [2.24, 2.45) is 7.05 Å². The predicted molar refractivity (Wildman–Crippen MR) is 69.4 cm³/mol. The minimum absolute atomic E-state index is 0.568. The number of piperidine rings is 1. The van der Waals surface area contributed by atoms with Crippen LogP contribution in [0.15, 0.2) is 6.33 Å². The molecule has 2 aromatic rings. The van der Waals surface area contributed by atoms with Crippen molar-refractivity contribution in [2.45, 2.75) is 38.6 Å². The summed E-state index contributed by atoms with van der Waals surface area (Å²) >= 11 is 0. The van der Waals surface area contributed by atoms with Gasteiger partial charge in [0.25, 0.3) is 0 Å². The summed E-state index contributed by atoms with van der Waals surface area (Å²) in [6, 6.07) is 0.568. The summed E-state index contributed by atoms with van der Waals surface area (Å²) in [5.41, 5.74) is 1.63. The average molecular weight is 246 g/mol. The Balaban J connectivity index is 2.07. The molecular weight excluding hydrogens is 228 g/mol. The molecule has 3 heterocycles. The molecule has 0 bridgehead atoms. The van der Waals surface area contributed by atoms with E-state index in [1.54, 1.807) is 11.0 Å². The molecule has 96 valence electrons. The van der Waals surface area contributed by atoms with Crippen LogP contribution in [0.4, 0.5) is 5.82 Å². The molecule has 0 saturated carbocycles. The predicted octanol–water partition coefficient (Wildman–Crippen LogP) is 1.53. The smallest absolute Gasteiger partial charge is 0.183 e. The number of hydrogen-bond donors (Lipinski definition) is 0. The van der Waals surface area contributed by atoms with E-state index in [4.69, 9.17) is 0 Å². The van der Waals surface area contributed by atoms with E-state index in [1.807, 2.05) is 7.05 Å². The number of rotatable bonds is 2. The van der Waals surface area contributed by atoms with Crippen LogP contribution in [0.25, 0.3) is 11.2 Å². The summed E-state index contributed by atoms with van der Waals surface area (Å²) in [6.45, 7) is 3.29. The van der Waals surface area contributed by atoms with Crippen LogP contribution in [0.2, 0.25) is 0 Å². The molecule has 0 unspecified atom stereocenters. The van der Waals surface area contributed by atoms with Crippen LogP contribution in [-0.2, 0) is 7.05 Å². The first-order chi connectivity index (χ1) is 8.81. The van der Waals surface area contributed by atoms with Crippen LogP contribution < -0.4 is 4.90 Å². The van der Waals surface area contributed by atoms with Crippen molar-refractivity contribution in [2.75, 3.05) is 11.4 Å². The van der Waals surface area contributed by atoms with Crippen molar-refractivity contribution in [3.63, 3.8) is 0 Å². The maximum Gasteiger partial charge on any atom is 0.183 e. The number of aromatic nitrogens is 5. The van der Waals surface area contributed by atoms with Gasteiger partial charge >= 0.3 is 0 Å². The van der Waals surface area contributed by atoms with Gasteiger partial charge in [0, 0.05) is 19.6 Å². The molecule has 0 spiro atoms. The van der Waals surface area contributed by atoms with Gasteiger partial charge in [-0.3, -0.25) is 0 Å². The Bertz CT molecular complexity index is 548. The molecule has 1 fully saturated rings. The minimum Gasteiger partial charge on any atom is -0.352 e. The Hall–Kier alpha value is -1.72. The highest BCUT2D eigenvalue weighted by atomic mass is 15.4. The van der Waals surface area contributed by atoms with Crippen LogP contribution >= 0.6 is 0 Å². The molecule has 18 heavy (non-hydrogen) atoms. The summed E-state index contributed by atoms with van der Waals surface area (Å²) in [5, 5.41) is 8.25. The van der Waals surface area contributed by atoms with Gasteiger partial charge in [0.2, 0.25) is 0 Å². The average Bonchev–Trinajstić information content (AvgIpc) is 2.81. The monoisotopic (exact) mass is 246 g/mol. The lowest BCUT2D eigenvalue weighted by molar-refractivity contribution is 0.447. The topological polar surface area (TPSA) is 59.7 Å². The highest BCUT2D eigenvalue weighted by Gasteiger charge is 2.25. The van der Waals surface area contributed by atoms with Gasteiger partial charge in [-0.05, 0) is 25.7 Å². The van der Waals surface area contributed by atoms with Gasteiger partial charge in [0.1, 0.15) is 6.33 Å². The molecule has 1 aliphatic heterocycles.